The first kappa shape index (κ1) is 13.0. The molecule has 1 aromatic carbocycles. The number of nitrogens with two attached hydrogens (primary N) is 1. The number of aromatic nitrogens is 2. The van der Waals surface area contributed by atoms with Crippen LogP contribution < -0.4 is 5.73 Å². The summed E-state index contributed by atoms with van der Waals surface area (Å²) in [5.41, 5.74) is 4.01. The van der Waals surface area contributed by atoms with Crippen LogP contribution in [0.1, 0.15) is 18.8 Å². The third-order valence-electron chi connectivity index (χ3n) is 2.29. The number of halogens is 2. The second-order valence-electron chi connectivity index (χ2n) is 3.79. The minimum absolute atomic E-state index is 0.0846. The molecule has 0 aliphatic rings. The second kappa shape index (κ2) is 4.69. The third kappa shape index (κ3) is 2.40. The van der Waals surface area contributed by atoms with Gasteiger partial charge in [0.05, 0.1) is 22.6 Å². The van der Waals surface area contributed by atoms with E-state index in [2.05, 4.69) is 10.1 Å². The van der Waals surface area contributed by atoms with Crippen molar-refractivity contribution in [3.05, 3.63) is 39.7 Å². The number of rotatable bonds is 3. The zero-order chi connectivity index (χ0) is 14.2. The number of benzene rings is 1. The summed E-state index contributed by atoms with van der Waals surface area (Å²) in [7, 11) is 0. The smallest absolute Gasteiger partial charge is 0.308 e. The normalized spacial score (nSPS) is 12.4. The van der Waals surface area contributed by atoms with E-state index in [9.17, 15) is 18.9 Å². The Morgan fingerprint density at radius 2 is 2.16 bits per heavy atom. The van der Waals surface area contributed by atoms with Crippen LogP contribution in [0.2, 0.25) is 0 Å². The topological polar surface area (TPSA) is 108 Å². The SMILES string of the molecule is CC(N)c1noc(-c2cc(F)cc([N+](=O)[O-])c2F)n1. The van der Waals surface area contributed by atoms with E-state index in [-0.39, 0.29) is 11.7 Å². The minimum Gasteiger partial charge on any atom is -0.334 e. The third-order valence-corrected chi connectivity index (χ3v) is 2.29. The molecule has 100 valence electrons. The van der Waals surface area contributed by atoms with Crippen molar-refractivity contribution in [3.8, 4) is 11.5 Å². The molecule has 2 aromatic rings. The fourth-order valence-electron chi connectivity index (χ4n) is 1.39. The van der Waals surface area contributed by atoms with Gasteiger partial charge >= 0.3 is 5.69 Å². The quantitative estimate of drug-likeness (QED) is 0.674. The minimum atomic E-state index is -1.24. The van der Waals surface area contributed by atoms with E-state index in [4.69, 9.17) is 10.3 Å². The lowest BCUT2D eigenvalue weighted by atomic mass is 10.1. The molecular formula is C10H8F2N4O3. The molecule has 1 unspecified atom stereocenters. The van der Waals surface area contributed by atoms with Crippen molar-refractivity contribution in [2.24, 2.45) is 5.73 Å². The number of hydrogen-bond donors (Lipinski definition) is 1. The van der Waals surface area contributed by atoms with Crippen LogP contribution in [0.25, 0.3) is 11.5 Å². The molecule has 7 nitrogen and oxygen atoms in total. The van der Waals surface area contributed by atoms with Crippen molar-refractivity contribution in [3.63, 3.8) is 0 Å². The fourth-order valence-corrected chi connectivity index (χ4v) is 1.39. The summed E-state index contributed by atoms with van der Waals surface area (Å²) >= 11 is 0. The molecule has 0 fully saturated rings. The Morgan fingerprint density at radius 3 is 2.68 bits per heavy atom. The molecule has 1 atom stereocenters. The van der Waals surface area contributed by atoms with Gasteiger partial charge in [-0.05, 0) is 13.0 Å². The van der Waals surface area contributed by atoms with Gasteiger partial charge < -0.3 is 10.3 Å². The molecule has 2 rings (SSSR count). The Morgan fingerprint density at radius 1 is 1.47 bits per heavy atom. The summed E-state index contributed by atoms with van der Waals surface area (Å²) in [4.78, 5) is 13.3. The van der Waals surface area contributed by atoms with Crippen molar-refractivity contribution in [1.82, 2.24) is 10.1 Å². The van der Waals surface area contributed by atoms with Gasteiger partial charge in [0.25, 0.3) is 5.89 Å². The van der Waals surface area contributed by atoms with Gasteiger partial charge in [0.15, 0.2) is 5.82 Å². The van der Waals surface area contributed by atoms with Crippen LogP contribution in [0.5, 0.6) is 0 Å². The van der Waals surface area contributed by atoms with E-state index in [1.165, 1.54) is 0 Å². The largest absolute Gasteiger partial charge is 0.334 e. The van der Waals surface area contributed by atoms with Crippen molar-refractivity contribution in [2.75, 3.05) is 0 Å². The molecule has 0 amide bonds. The highest BCUT2D eigenvalue weighted by Crippen LogP contribution is 2.29. The summed E-state index contributed by atoms with van der Waals surface area (Å²) in [5, 5.41) is 14.1. The van der Waals surface area contributed by atoms with Crippen LogP contribution in [-0.4, -0.2) is 15.1 Å². The lowest BCUT2D eigenvalue weighted by molar-refractivity contribution is -0.387. The summed E-state index contributed by atoms with van der Waals surface area (Å²) in [6, 6.07) is 0.645. The zero-order valence-corrected chi connectivity index (χ0v) is 9.63. The molecule has 9 heteroatoms. The highest BCUT2D eigenvalue weighted by molar-refractivity contribution is 5.59. The van der Waals surface area contributed by atoms with Crippen LogP contribution in [-0.2, 0) is 0 Å². The Labute approximate surface area is 105 Å². The standard InChI is InChI=1S/C10H8F2N4O3/c1-4(13)9-14-10(19-15-9)6-2-5(11)3-7(8(6)12)16(17)18/h2-4H,13H2,1H3. The van der Waals surface area contributed by atoms with Crippen LogP contribution in [0.4, 0.5) is 14.5 Å². The predicted octanol–water partition coefficient (Wildman–Crippen LogP) is 1.94. The van der Waals surface area contributed by atoms with Crippen molar-refractivity contribution < 1.29 is 18.2 Å². The number of nitro groups is 1. The van der Waals surface area contributed by atoms with Crippen LogP contribution in [0, 0.1) is 21.7 Å². The summed E-state index contributed by atoms with van der Waals surface area (Å²) in [5.74, 6) is -2.51. The van der Waals surface area contributed by atoms with Gasteiger partial charge in [-0.15, -0.1) is 0 Å². The maximum Gasteiger partial charge on any atom is 0.308 e. The number of nitrogens with zero attached hydrogens (tertiary/aromatic N) is 3. The van der Waals surface area contributed by atoms with E-state index in [1.54, 1.807) is 6.92 Å². The zero-order valence-electron chi connectivity index (χ0n) is 9.63. The first-order valence-electron chi connectivity index (χ1n) is 5.13. The Hall–Kier alpha value is -2.42. The maximum atomic E-state index is 13.8. The fraction of sp³-hybridized carbons (Fsp3) is 0.200. The van der Waals surface area contributed by atoms with Crippen LogP contribution in [0.15, 0.2) is 16.7 Å². The number of nitro benzene ring substituents is 1. The molecule has 0 saturated heterocycles. The molecule has 0 saturated carbocycles. The van der Waals surface area contributed by atoms with Gasteiger partial charge in [-0.25, -0.2) is 4.39 Å². The first-order chi connectivity index (χ1) is 8.90. The molecule has 0 radical (unpaired) electrons. The Balaban J connectivity index is 2.58. The van der Waals surface area contributed by atoms with Gasteiger partial charge in [0.1, 0.15) is 5.82 Å². The molecule has 0 aliphatic carbocycles. The molecule has 1 aromatic heterocycles. The molecule has 0 bridgehead atoms. The van der Waals surface area contributed by atoms with Gasteiger partial charge in [0, 0.05) is 0 Å². The van der Waals surface area contributed by atoms with E-state index >= 15 is 0 Å². The number of hydrogen-bond acceptors (Lipinski definition) is 6. The molecule has 0 spiro atoms. The summed E-state index contributed by atoms with van der Waals surface area (Å²) < 4.78 is 31.8. The van der Waals surface area contributed by atoms with Gasteiger partial charge in [-0.3, -0.25) is 10.1 Å². The summed E-state index contributed by atoms with van der Waals surface area (Å²) in [6.07, 6.45) is 0. The highest BCUT2D eigenvalue weighted by atomic mass is 19.1. The summed E-state index contributed by atoms with van der Waals surface area (Å²) in [6.45, 7) is 1.57. The average molecular weight is 270 g/mol. The van der Waals surface area contributed by atoms with E-state index in [0.29, 0.717) is 6.07 Å². The van der Waals surface area contributed by atoms with Gasteiger partial charge in [-0.1, -0.05) is 5.16 Å². The van der Waals surface area contributed by atoms with E-state index in [0.717, 1.165) is 6.07 Å². The second-order valence-corrected chi connectivity index (χ2v) is 3.79. The van der Waals surface area contributed by atoms with Gasteiger partial charge in [-0.2, -0.15) is 9.37 Å². The average Bonchev–Trinajstić information content (AvgIpc) is 2.80. The predicted molar refractivity (Wildman–Crippen MR) is 58.9 cm³/mol. The highest BCUT2D eigenvalue weighted by Gasteiger charge is 2.24. The van der Waals surface area contributed by atoms with Gasteiger partial charge in [0.2, 0.25) is 5.82 Å². The lowest BCUT2D eigenvalue weighted by Crippen LogP contribution is -2.06. The van der Waals surface area contributed by atoms with E-state index < -0.39 is 33.9 Å². The van der Waals surface area contributed by atoms with Crippen molar-refractivity contribution in [1.29, 1.82) is 0 Å². The maximum absolute atomic E-state index is 13.8. The monoisotopic (exact) mass is 270 g/mol. The molecule has 0 aliphatic heterocycles. The van der Waals surface area contributed by atoms with Crippen molar-refractivity contribution in [2.45, 2.75) is 13.0 Å². The molecule has 19 heavy (non-hydrogen) atoms. The molecular weight excluding hydrogens is 262 g/mol. The lowest BCUT2D eigenvalue weighted by Gasteiger charge is -1.99. The van der Waals surface area contributed by atoms with E-state index in [1.807, 2.05) is 0 Å². The van der Waals surface area contributed by atoms with Crippen molar-refractivity contribution >= 4 is 5.69 Å². The molecule has 2 N–H and O–H groups in total. The first-order valence-corrected chi connectivity index (χ1v) is 5.13. The van der Waals surface area contributed by atoms with Crippen LogP contribution in [0.3, 0.4) is 0 Å². The molecule has 1 heterocycles. The van der Waals surface area contributed by atoms with Crippen LogP contribution >= 0.6 is 0 Å². The Kier molecular flexibility index (Phi) is 3.21. The Bertz CT molecular complexity index is 642.